The predicted molar refractivity (Wildman–Crippen MR) is 116 cm³/mol. The van der Waals surface area contributed by atoms with Crippen molar-refractivity contribution in [3.8, 4) is 5.75 Å². The van der Waals surface area contributed by atoms with Gasteiger partial charge in [0.2, 0.25) is 0 Å². The third kappa shape index (κ3) is 8.88. The van der Waals surface area contributed by atoms with Crippen molar-refractivity contribution in [2.24, 2.45) is 5.92 Å². The molecule has 7 heteroatoms. The third-order valence-corrected chi connectivity index (χ3v) is 4.84. The minimum atomic E-state index is -0.808. The molecule has 2 rings (SSSR count). The van der Waals surface area contributed by atoms with Gasteiger partial charge in [-0.05, 0) is 44.9 Å². The van der Waals surface area contributed by atoms with Gasteiger partial charge in [-0.3, -0.25) is 4.79 Å². The molecule has 4 atom stereocenters. The molecular formula is C23H31ClO6. The largest absolute Gasteiger partial charge is 0.491 e. The van der Waals surface area contributed by atoms with Gasteiger partial charge < -0.3 is 24.4 Å². The van der Waals surface area contributed by atoms with Crippen molar-refractivity contribution >= 4 is 17.6 Å². The molecule has 0 aliphatic carbocycles. The summed E-state index contributed by atoms with van der Waals surface area (Å²) in [5.41, 5.74) is 0. The Bertz CT molecular complexity index is 717. The first kappa shape index (κ1) is 24.4. The standard InChI is InChI=1S/C23H31ClO6/c1-16(2)30-23(27)10-5-3-4-9-20-21(26)15-29-22(20)12-11-18(25)14-28-19-8-6-7-17(24)13-19/h3,5-8,11-13,16,18,20-22,25-26H,4,9-10,14-15H2,1-2H3/b5-3-,12-11+/t18?,20?,21?,22-/m1/s1. The van der Waals surface area contributed by atoms with E-state index in [1.165, 1.54) is 0 Å². The van der Waals surface area contributed by atoms with Crippen molar-refractivity contribution in [2.45, 2.75) is 57.5 Å². The molecule has 0 saturated carbocycles. The first-order valence-corrected chi connectivity index (χ1v) is 10.6. The van der Waals surface area contributed by atoms with Crippen molar-refractivity contribution in [1.29, 1.82) is 0 Å². The fourth-order valence-electron chi connectivity index (χ4n) is 3.16. The normalized spacial score (nSPS) is 22.8. The lowest BCUT2D eigenvalue weighted by Gasteiger charge is -2.17. The van der Waals surface area contributed by atoms with Gasteiger partial charge in [0.1, 0.15) is 18.5 Å². The number of rotatable bonds is 11. The van der Waals surface area contributed by atoms with Crippen molar-refractivity contribution in [2.75, 3.05) is 13.2 Å². The Labute approximate surface area is 183 Å². The monoisotopic (exact) mass is 438 g/mol. The van der Waals surface area contributed by atoms with Crippen LogP contribution in [0, 0.1) is 5.92 Å². The summed E-state index contributed by atoms with van der Waals surface area (Å²) in [6.07, 6.45) is 7.01. The molecule has 0 radical (unpaired) electrons. The van der Waals surface area contributed by atoms with E-state index in [1.807, 2.05) is 19.9 Å². The van der Waals surface area contributed by atoms with Crippen LogP contribution in [0.1, 0.15) is 33.1 Å². The van der Waals surface area contributed by atoms with Crippen LogP contribution in [0.3, 0.4) is 0 Å². The quantitative estimate of drug-likeness (QED) is 0.405. The number of aliphatic hydroxyl groups is 2. The van der Waals surface area contributed by atoms with Gasteiger partial charge in [-0.1, -0.05) is 42.0 Å². The van der Waals surface area contributed by atoms with E-state index in [1.54, 1.807) is 42.5 Å². The number of hydrogen-bond acceptors (Lipinski definition) is 6. The lowest BCUT2D eigenvalue weighted by atomic mass is 9.93. The number of aliphatic hydroxyl groups excluding tert-OH is 2. The fraction of sp³-hybridized carbons (Fsp3) is 0.522. The highest BCUT2D eigenvalue weighted by molar-refractivity contribution is 6.30. The fourth-order valence-corrected chi connectivity index (χ4v) is 3.34. The van der Waals surface area contributed by atoms with Crippen LogP contribution in [0.2, 0.25) is 5.02 Å². The van der Waals surface area contributed by atoms with Gasteiger partial charge in [0.05, 0.1) is 31.3 Å². The molecule has 3 unspecified atom stereocenters. The number of esters is 1. The van der Waals surface area contributed by atoms with Crippen molar-refractivity contribution < 1.29 is 29.2 Å². The van der Waals surface area contributed by atoms with Gasteiger partial charge in [0.15, 0.2) is 0 Å². The minimum Gasteiger partial charge on any atom is -0.491 e. The van der Waals surface area contributed by atoms with E-state index < -0.39 is 12.2 Å². The van der Waals surface area contributed by atoms with Gasteiger partial charge in [0, 0.05) is 10.9 Å². The van der Waals surface area contributed by atoms with E-state index in [2.05, 4.69) is 0 Å². The summed E-state index contributed by atoms with van der Waals surface area (Å²) in [5, 5.41) is 20.9. The Hall–Kier alpha value is -1.86. The molecule has 1 aromatic rings. The zero-order valence-corrected chi connectivity index (χ0v) is 18.2. The lowest BCUT2D eigenvalue weighted by molar-refractivity contribution is -0.146. The van der Waals surface area contributed by atoms with Gasteiger partial charge >= 0.3 is 5.97 Å². The van der Waals surface area contributed by atoms with Crippen molar-refractivity contribution in [1.82, 2.24) is 0 Å². The second-order valence-corrected chi connectivity index (χ2v) is 7.98. The van der Waals surface area contributed by atoms with Gasteiger partial charge in [-0.2, -0.15) is 0 Å². The summed E-state index contributed by atoms with van der Waals surface area (Å²) in [6, 6.07) is 6.98. The average molecular weight is 439 g/mol. The lowest BCUT2D eigenvalue weighted by Crippen LogP contribution is -2.23. The summed E-state index contributed by atoms with van der Waals surface area (Å²) in [6.45, 7) is 3.99. The molecule has 0 bridgehead atoms. The average Bonchev–Trinajstić information content (AvgIpc) is 3.03. The van der Waals surface area contributed by atoms with Crippen LogP contribution in [0.4, 0.5) is 0 Å². The Morgan fingerprint density at radius 1 is 1.37 bits per heavy atom. The smallest absolute Gasteiger partial charge is 0.309 e. The van der Waals surface area contributed by atoms with Gasteiger partial charge in [-0.15, -0.1) is 0 Å². The second-order valence-electron chi connectivity index (χ2n) is 7.54. The number of benzene rings is 1. The van der Waals surface area contributed by atoms with Crippen LogP contribution < -0.4 is 4.74 Å². The summed E-state index contributed by atoms with van der Waals surface area (Å²) in [4.78, 5) is 11.5. The van der Waals surface area contributed by atoms with E-state index in [0.717, 1.165) is 0 Å². The number of allylic oxidation sites excluding steroid dienone is 1. The molecule has 1 saturated heterocycles. The number of halogens is 1. The van der Waals surface area contributed by atoms with Crippen LogP contribution >= 0.6 is 11.6 Å². The molecule has 1 heterocycles. The van der Waals surface area contributed by atoms with E-state index in [9.17, 15) is 15.0 Å². The number of ether oxygens (including phenoxy) is 3. The van der Waals surface area contributed by atoms with Gasteiger partial charge in [0.25, 0.3) is 0 Å². The number of carbonyl (C=O) groups excluding carboxylic acids is 1. The molecule has 30 heavy (non-hydrogen) atoms. The first-order valence-electron chi connectivity index (χ1n) is 10.2. The Kier molecular flexibility index (Phi) is 10.4. The van der Waals surface area contributed by atoms with Crippen LogP contribution in [-0.4, -0.2) is 53.8 Å². The summed E-state index contributed by atoms with van der Waals surface area (Å²) in [5.74, 6) is 0.263. The topological polar surface area (TPSA) is 85.2 Å². The van der Waals surface area contributed by atoms with E-state index in [4.69, 9.17) is 25.8 Å². The zero-order valence-electron chi connectivity index (χ0n) is 17.4. The maximum atomic E-state index is 11.5. The zero-order chi connectivity index (χ0) is 21.9. The molecule has 1 aliphatic heterocycles. The molecule has 2 N–H and O–H groups in total. The highest BCUT2D eigenvalue weighted by Crippen LogP contribution is 2.27. The molecule has 0 spiro atoms. The van der Waals surface area contributed by atoms with E-state index >= 15 is 0 Å². The molecule has 0 aromatic heterocycles. The second kappa shape index (κ2) is 12.7. The van der Waals surface area contributed by atoms with Crippen LogP contribution in [0.15, 0.2) is 48.6 Å². The molecule has 166 valence electrons. The summed E-state index contributed by atoms with van der Waals surface area (Å²) in [7, 11) is 0. The van der Waals surface area contributed by atoms with Crippen LogP contribution in [-0.2, 0) is 14.3 Å². The van der Waals surface area contributed by atoms with E-state index in [-0.39, 0.29) is 43.7 Å². The number of hydrogen-bond donors (Lipinski definition) is 2. The third-order valence-electron chi connectivity index (χ3n) is 4.60. The minimum absolute atomic E-state index is 0.0745. The molecule has 0 amide bonds. The Morgan fingerprint density at radius 3 is 2.90 bits per heavy atom. The molecular weight excluding hydrogens is 408 g/mol. The molecule has 1 aromatic carbocycles. The first-order chi connectivity index (χ1) is 14.3. The Balaban J connectivity index is 1.75. The van der Waals surface area contributed by atoms with Crippen molar-refractivity contribution in [3.63, 3.8) is 0 Å². The number of carbonyl (C=O) groups is 1. The predicted octanol–water partition coefficient (Wildman–Crippen LogP) is 3.69. The molecule has 1 fully saturated rings. The SMILES string of the molecule is CC(C)OC(=O)C/C=C\CCC1C(O)CO[C@@H]1/C=C/C(O)COc1cccc(Cl)c1. The van der Waals surface area contributed by atoms with Gasteiger partial charge in [-0.25, -0.2) is 0 Å². The van der Waals surface area contributed by atoms with Crippen molar-refractivity contribution in [3.05, 3.63) is 53.6 Å². The Morgan fingerprint density at radius 2 is 2.17 bits per heavy atom. The van der Waals surface area contributed by atoms with Crippen LogP contribution in [0.25, 0.3) is 0 Å². The maximum Gasteiger partial charge on any atom is 0.309 e. The molecule has 1 aliphatic rings. The summed E-state index contributed by atoms with van der Waals surface area (Å²) >= 11 is 5.91. The van der Waals surface area contributed by atoms with Crippen LogP contribution in [0.5, 0.6) is 5.75 Å². The highest BCUT2D eigenvalue weighted by atomic mass is 35.5. The highest BCUT2D eigenvalue weighted by Gasteiger charge is 2.33. The molecule has 6 nitrogen and oxygen atoms in total. The maximum absolute atomic E-state index is 11.5. The summed E-state index contributed by atoms with van der Waals surface area (Å²) < 4.78 is 16.2. The van der Waals surface area contributed by atoms with E-state index in [0.29, 0.717) is 23.6 Å².